The fourth-order valence-corrected chi connectivity index (χ4v) is 1.81. The van der Waals surface area contributed by atoms with E-state index < -0.39 is 0 Å². The molecule has 0 fully saturated rings. The average molecular weight is 244 g/mol. The van der Waals surface area contributed by atoms with E-state index in [1.807, 2.05) is 38.1 Å². The lowest BCUT2D eigenvalue weighted by molar-refractivity contribution is 0.111. The molecule has 0 saturated heterocycles. The van der Waals surface area contributed by atoms with Crippen LogP contribution >= 0.6 is 0 Å². The van der Waals surface area contributed by atoms with Crippen LogP contribution in [-0.2, 0) is 6.54 Å². The lowest BCUT2D eigenvalue weighted by Gasteiger charge is -2.03. The molecule has 0 aliphatic rings. The SMILES string of the molecule is CCOc1ccc(-c2cc(C=O)n(CC)n2)cc1. The molecule has 18 heavy (non-hydrogen) atoms. The molecule has 1 aromatic heterocycles. The van der Waals surface area contributed by atoms with Crippen molar-refractivity contribution in [3.05, 3.63) is 36.0 Å². The molecule has 0 atom stereocenters. The molecule has 2 aromatic rings. The van der Waals surface area contributed by atoms with Gasteiger partial charge in [0.1, 0.15) is 11.4 Å². The molecule has 0 amide bonds. The van der Waals surface area contributed by atoms with Crippen molar-refractivity contribution in [1.82, 2.24) is 9.78 Å². The summed E-state index contributed by atoms with van der Waals surface area (Å²) in [6.07, 6.45) is 0.828. The molecular formula is C14H16N2O2. The second kappa shape index (κ2) is 5.49. The first-order chi connectivity index (χ1) is 8.78. The standard InChI is InChI=1S/C14H16N2O2/c1-3-16-12(10-17)9-14(15-16)11-5-7-13(8-6-11)18-4-2/h5-10H,3-4H2,1-2H3. The van der Waals surface area contributed by atoms with E-state index in [0.717, 1.165) is 23.3 Å². The summed E-state index contributed by atoms with van der Waals surface area (Å²) in [5.41, 5.74) is 2.39. The lowest BCUT2D eigenvalue weighted by Crippen LogP contribution is -2.00. The summed E-state index contributed by atoms with van der Waals surface area (Å²) < 4.78 is 7.08. The summed E-state index contributed by atoms with van der Waals surface area (Å²) >= 11 is 0. The number of carbonyl (C=O) groups is 1. The summed E-state index contributed by atoms with van der Waals surface area (Å²) in [4.78, 5) is 10.9. The van der Waals surface area contributed by atoms with Crippen molar-refractivity contribution < 1.29 is 9.53 Å². The van der Waals surface area contributed by atoms with Gasteiger partial charge < -0.3 is 4.74 Å². The molecule has 0 spiro atoms. The molecule has 1 heterocycles. The van der Waals surface area contributed by atoms with Crippen molar-refractivity contribution in [3.63, 3.8) is 0 Å². The number of nitrogens with zero attached hydrogens (tertiary/aromatic N) is 2. The van der Waals surface area contributed by atoms with Crippen LogP contribution in [0.5, 0.6) is 5.75 Å². The van der Waals surface area contributed by atoms with Crippen molar-refractivity contribution in [2.45, 2.75) is 20.4 Å². The van der Waals surface area contributed by atoms with Crippen LogP contribution in [0, 0.1) is 0 Å². The van der Waals surface area contributed by atoms with Crippen LogP contribution in [-0.4, -0.2) is 22.7 Å². The first-order valence-electron chi connectivity index (χ1n) is 6.04. The third-order valence-electron chi connectivity index (χ3n) is 2.69. The number of aldehydes is 1. The summed E-state index contributed by atoms with van der Waals surface area (Å²) in [5, 5.41) is 4.39. The predicted molar refractivity (Wildman–Crippen MR) is 69.9 cm³/mol. The van der Waals surface area contributed by atoms with E-state index in [9.17, 15) is 4.79 Å². The Bertz CT molecular complexity index is 529. The largest absolute Gasteiger partial charge is 0.494 e. The molecule has 0 aliphatic carbocycles. The lowest BCUT2D eigenvalue weighted by atomic mass is 10.1. The summed E-state index contributed by atoms with van der Waals surface area (Å²) in [7, 11) is 0. The van der Waals surface area contributed by atoms with Crippen molar-refractivity contribution in [3.8, 4) is 17.0 Å². The second-order valence-corrected chi connectivity index (χ2v) is 3.85. The Morgan fingerprint density at radius 1 is 1.28 bits per heavy atom. The Balaban J connectivity index is 2.30. The van der Waals surface area contributed by atoms with Crippen LogP contribution < -0.4 is 4.74 Å². The number of carbonyl (C=O) groups excluding carboxylic acids is 1. The zero-order chi connectivity index (χ0) is 13.0. The van der Waals surface area contributed by atoms with Crippen molar-refractivity contribution in [2.75, 3.05) is 6.61 Å². The highest BCUT2D eigenvalue weighted by molar-refractivity contribution is 5.75. The van der Waals surface area contributed by atoms with Gasteiger partial charge in [0.2, 0.25) is 0 Å². The van der Waals surface area contributed by atoms with E-state index in [2.05, 4.69) is 5.10 Å². The summed E-state index contributed by atoms with van der Waals surface area (Å²) in [5.74, 6) is 0.840. The van der Waals surface area contributed by atoms with Gasteiger partial charge in [0, 0.05) is 12.1 Å². The first-order valence-corrected chi connectivity index (χ1v) is 6.04. The molecule has 0 bridgehead atoms. The number of hydrogen-bond acceptors (Lipinski definition) is 3. The van der Waals surface area contributed by atoms with Gasteiger partial charge in [0.15, 0.2) is 6.29 Å². The maximum absolute atomic E-state index is 10.9. The highest BCUT2D eigenvalue weighted by Gasteiger charge is 2.07. The first kappa shape index (κ1) is 12.4. The molecule has 0 unspecified atom stereocenters. The second-order valence-electron chi connectivity index (χ2n) is 3.85. The fourth-order valence-electron chi connectivity index (χ4n) is 1.81. The van der Waals surface area contributed by atoms with E-state index in [1.165, 1.54) is 0 Å². The summed E-state index contributed by atoms with van der Waals surface area (Å²) in [6.45, 7) is 5.25. The van der Waals surface area contributed by atoms with E-state index >= 15 is 0 Å². The molecule has 0 saturated carbocycles. The highest BCUT2D eigenvalue weighted by Crippen LogP contribution is 2.22. The molecule has 2 rings (SSSR count). The highest BCUT2D eigenvalue weighted by atomic mass is 16.5. The number of aromatic nitrogens is 2. The van der Waals surface area contributed by atoms with E-state index in [4.69, 9.17) is 4.74 Å². The number of hydrogen-bond donors (Lipinski definition) is 0. The normalized spacial score (nSPS) is 10.3. The van der Waals surface area contributed by atoms with Crippen molar-refractivity contribution in [2.24, 2.45) is 0 Å². The molecule has 0 radical (unpaired) electrons. The predicted octanol–water partition coefficient (Wildman–Crippen LogP) is 2.78. The van der Waals surface area contributed by atoms with Gasteiger partial charge in [0.05, 0.1) is 12.3 Å². The van der Waals surface area contributed by atoms with Crippen LogP contribution in [0.15, 0.2) is 30.3 Å². The molecule has 4 heteroatoms. The van der Waals surface area contributed by atoms with Gasteiger partial charge in [-0.25, -0.2) is 0 Å². The molecular weight excluding hydrogens is 228 g/mol. The monoisotopic (exact) mass is 244 g/mol. The number of rotatable bonds is 5. The minimum atomic E-state index is 0.599. The maximum Gasteiger partial charge on any atom is 0.168 e. The van der Waals surface area contributed by atoms with Crippen LogP contribution in [0.4, 0.5) is 0 Å². The molecule has 1 aromatic carbocycles. The summed E-state index contributed by atoms with van der Waals surface area (Å²) in [6, 6.07) is 9.50. The molecule has 94 valence electrons. The van der Waals surface area contributed by atoms with Gasteiger partial charge in [-0.3, -0.25) is 9.48 Å². The van der Waals surface area contributed by atoms with Gasteiger partial charge in [-0.2, -0.15) is 5.10 Å². The zero-order valence-electron chi connectivity index (χ0n) is 10.6. The zero-order valence-corrected chi connectivity index (χ0v) is 10.6. The molecule has 0 aliphatic heterocycles. The maximum atomic E-state index is 10.9. The quantitative estimate of drug-likeness (QED) is 0.760. The van der Waals surface area contributed by atoms with Gasteiger partial charge >= 0.3 is 0 Å². The number of ether oxygens (including phenoxy) is 1. The van der Waals surface area contributed by atoms with E-state index in [0.29, 0.717) is 18.8 Å². The van der Waals surface area contributed by atoms with Gasteiger partial charge in [0.25, 0.3) is 0 Å². The number of benzene rings is 1. The van der Waals surface area contributed by atoms with Crippen LogP contribution in [0.3, 0.4) is 0 Å². The van der Waals surface area contributed by atoms with Crippen molar-refractivity contribution >= 4 is 6.29 Å². The number of aryl methyl sites for hydroxylation is 1. The van der Waals surface area contributed by atoms with E-state index in [-0.39, 0.29) is 0 Å². The van der Waals surface area contributed by atoms with Gasteiger partial charge in [-0.15, -0.1) is 0 Å². The Hall–Kier alpha value is -2.10. The average Bonchev–Trinajstić information content (AvgIpc) is 2.83. The van der Waals surface area contributed by atoms with Gasteiger partial charge in [-0.05, 0) is 44.2 Å². The van der Waals surface area contributed by atoms with Crippen LogP contribution in [0.2, 0.25) is 0 Å². The smallest absolute Gasteiger partial charge is 0.168 e. The Labute approximate surface area is 106 Å². The molecule has 0 N–H and O–H groups in total. The minimum absolute atomic E-state index is 0.599. The van der Waals surface area contributed by atoms with E-state index in [1.54, 1.807) is 10.7 Å². The minimum Gasteiger partial charge on any atom is -0.494 e. The third kappa shape index (κ3) is 2.42. The fraction of sp³-hybridized carbons (Fsp3) is 0.286. The topological polar surface area (TPSA) is 44.1 Å². The molecule has 4 nitrogen and oxygen atoms in total. The third-order valence-corrected chi connectivity index (χ3v) is 2.69. The van der Waals surface area contributed by atoms with Crippen LogP contribution in [0.1, 0.15) is 24.3 Å². The van der Waals surface area contributed by atoms with Crippen LogP contribution in [0.25, 0.3) is 11.3 Å². The van der Waals surface area contributed by atoms with Gasteiger partial charge in [-0.1, -0.05) is 0 Å². The Kier molecular flexibility index (Phi) is 3.77. The van der Waals surface area contributed by atoms with Crippen molar-refractivity contribution in [1.29, 1.82) is 0 Å². The Morgan fingerprint density at radius 3 is 2.50 bits per heavy atom. The Morgan fingerprint density at radius 2 is 2.00 bits per heavy atom.